The normalized spacial score (nSPS) is 26.8. The second-order valence-electron chi connectivity index (χ2n) is 7.39. The van der Waals surface area contributed by atoms with Gasteiger partial charge in [-0.2, -0.15) is 0 Å². The molecule has 4 nitrogen and oxygen atoms in total. The van der Waals surface area contributed by atoms with Crippen LogP contribution < -0.4 is 0 Å². The van der Waals surface area contributed by atoms with Gasteiger partial charge >= 0.3 is 0 Å². The molecule has 27 heavy (non-hydrogen) atoms. The van der Waals surface area contributed by atoms with Crippen molar-refractivity contribution in [3.63, 3.8) is 0 Å². The van der Waals surface area contributed by atoms with E-state index in [1.165, 1.54) is 5.56 Å². The van der Waals surface area contributed by atoms with Crippen LogP contribution in [0.3, 0.4) is 0 Å². The van der Waals surface area contributed by atoms with E-state index in [0.717, 1.165) is 25.5 Å². The summed E-state index contributed by atoms with van der Waals surface area (Å²) in [6.45, 7) is 0. The predicted octanol–water partition coefficient (Wildman–Crippen LogP) is 3.21. The summed E-state index contributed by atoms with van der Waals surface area (Å²) in [4.78, 5) is 10.3. The molecule has 3 N–H and O–H groups in total. The molecule has 1 aliphatic rings. The molecular weight excluding hydrogens is 340 g/mol. The van der Waals surface area contributed by atoms with Gasteiger partial charge in [-0.1, -0.05) is 54.6 Å². The number of unbranched alkanes of at least 4 members (excludes halogenated alkanes) is 2. The molecular formula is C23H32O4. The van der Waals surface area contributed by atoms with Crippen molar-refractivity contribution in [2.24, 2.45) is 11.8 Å². The zero-order chi connectivity index (χ0) is 19.5. The highest BCUT2D eigenvalue weighted by atomic mass is 16.3. The third kappa shape index (κ3) is 7.41. The average molecular weight is 373 g/mol. The van der Waals surface area contributed by atoms with Gasteiger partial charge in [0.25, 0.3) is 0 Å². The third-order valence-corrected chi connectivity index (χ3v) is 5.31. The van der Waals surface area contributed by atoms with Crippen LogP contribution in [-0.4, -0.2) is 39.9 Å². The van der Waals surface area contributed by atoms with Gasteiger partial charge in [0, 0.05) is 18.8 Å². The summed E-state index contributed by atoms with van der Waals surface area (Å²) < 4.78 is 0. The number of benzene rings is 1. The first-order valence-electron chi connectivity index (χ1n) is 9.97. The molecule has 0 heterocycles. The van der Waals surface area contributed by atoms with E-state index in [1.54, 1.807) is 6.08 Å². The van der Waals surface area contributed by atoms with Gasteiger partial charge in [-0.3, -0.25) is 0 Å². The van der Waals surface area contributed by atoms with Gasteiger partial charge in [0.2, 0.25) is 0 Å². The van der Waals surface area contributed by atoms with Crippen LogP contribution in [0.15, 0.2) is 54.6 Å². The van der Waals surface area contributed by atoms with E-state index < -0.39 is 18.3 Å². The fraction of sp³-hybridized carbons (Fsp3) is 0.522. The lowest BCUT2D eigenvalue weighted by molar-refractivity contribution is -0.107. The number of aliphatic hydroxyl groups is 3. The number of hydrogen-bond acceptors (Lipinski definition) is 4. The lowest BCUT2D eigenvalue weighted by Crippen LogP contribution is -2.20. The SMILES string of the molecule is O=CCCC/C=C\CC1C(O)CC(O)[C@@H]1/C=C/C(O)CCc1ccccc1. The maximum Gasteiger partial charge on any atom is 0.120 e. The Morgan fingerprint density at radius 2 is 1.85 bits per heavy atom. The minimum Gasteiger partial charge on any atom is -0.393 e. The second kappa shape index (κ2) is 11.9. The Bertz CT molecular complexity index is 596. The predicted molar refractivity (Wildman–Crippen MR) is 107 cm³/mol. The summed E-state index contributed by atoms with van der Waals surface area (Å²) in [5.74, 6) is -0.189. The molecule has 0 saturated heterocycles. The van der Waals surface area contributed by atoms with E-state index in [-0.39, 0.29) is 11.8 Å². The van der Waals surface area contributed by atoms with Crippen LogP contribution in [0.5, 0.6) is 0 Å². The molecule has 1 aromatic rings. The summed E-state index contributed by atoms with van der Waals surface area (Å²) in [5.41, 5.74) is 1.19. The zero-order valence-electron chi connectivity index (χ0n) is 15.9. The summed E-state index contributed by atoms with van der Waals surface area (Å²) in [6, 6.07) is 10.1. The molecule has 1 aliphatic carbocycles. The molecule has 0 aliphatic heterocycles. The van der Waals surface area contributed by atoms with Crippen LogP contribution in [-0.2, 0) is 11.2 Å². The topological polar surface area (TPSA) is 77.8 Å². The number of carbonyl (C=O) groups excluding carboxylic acids is 1. The van der Waals surface area contributed by atoms with Gasteiger partial charge in [-0.25, -0.2) is 0 Å². The first-order chi connectivity index (χ1) is 13.1. The molecule has 2 rings (SSSR count). The summed E-state index contributed by atoms with van der Waals surface area (Å²) in [7, 11) is 0. The van der Waals surface area contributed by atoms with Crippen molar-refractivity contribution < 1.29 is 20.1 Å². The van der Waals surface area contributed by atoms with Crippen molar-refractivity contribution in [1.29, 1.82) is 0 Å². The quantitative estimate of drug-likeness (QED) is 0.317. The number of aliphatic hydroxyl groups excluding tert-OH is 3. The van der Waals surface area contributed by atoms with Gasteiger partial charge in [0.15, 0.2) is 0 Å². The Labute approximate surface area is 162 Å². The molecule has 1 saturated carbocycles. The van der Waals surface area contributed by atoms with E-state index in [0.29, 0.717) is 25.7 Å². The van der Waals surface area contributed by atoms with E-state index in [1.807, 2.05) is 48.6 Å². The highest BCUT2D eigenvalue weighted by Gasteiger charge is 2.39. The zero-order valence-corrected chi connectivity index (χ0v) is 15.9. The van der Waals surface area contributed by atoms with Gasteiger partial charge in [-0.05, 0) is 43.6 Å². The molecule has 0 spiro atoms. The van der Waals surface area contributed by atoms with E-state index in [9.17, 15) is 20.1 Å². The maximum absolute atomic E-state index is 10.3. The van der Waals surface area contributed by atoms with E-state index >= 15 is 0 Å². The van der Waals surface area contributed by atoms with Crippen molar-refractivity contribution in [2.75, 3.05) is 0 Å². The van der Waals surface area contributed by atoms with Crippen molar-refractivity contribution in [3.05, 3.63) is 60.2 Å². The third-order valence-electron chi connectivity index (χ3n) is 5.31. The minimum atomic E-state index is -0.578. The molecule has 0 aromatic heterocycles. The van der Waals surface area contributed by atoms with Crippen LogP contribution in [0.1, 0.15) is 44.1 Å². The lowest BCUT2D eigenvalue weighted by Gasteiger charge is -2.19. The number of hydrogen-bond donors (Lipinski definition) is 3. The first kappa shape index (κ1) is 21.5. The van der Waals surface area contributed by atoms with Crippen LogP contribution in [0.2, 0.25) is 0 Å². The average Bonchev–Trinajstić information content (AvgIpc) is 2.94. The maximum atomic E-state index is 10.3. The number of aryl methyl sites for hydroxylation is 1. The number of carbonyl (C=O) groups is 1. The van der Waals surface area contributed by atoms with Crippen molar-refractivity contribution >= 4 is 6.29 Å². The van der Waals surface area contributed by atoms with Gasteiger partial charge in [0.05, 0.1) is 18.3 Å². The van der Waals surface area contributed by atoms with Gasteiger partial charge in [-0.15, -0.1) is 0 Å². The Morgan fingerprint density at radius 3 is 2.59 bits per heavy atom. The van der Waals surface area contributed by atoms with E-state index in [2.05, 4.69) is 0 Å². The summed E-state index contributed by atoms with van der Waals surface area (Å²) in [6.07, 6.45) is 11.7. The number of aldehydes is 1. The van der Waals surface area contributed by atoms with Crippen LogP contribution in [0.4, 0.5) is 0 Å². The summed E-state index contributed by atoms with van der Waals surface area (Å²) >= 11 is 0. The smallest absolute Gasteiger partial charge is 0.120 e. The monoisotopic (exact) mass is 372 g/mol. The van der Waals surface area contributed by atoms with Gasteiger partial charge in [0.1, 0.15) is 6.29 Å². The Kier molecular flexibility index (Phi) is 9.46. The largest absolute Gasteiger partial charge is 0.393 e. The molecule has 0 radical (unpaired) electrons. The fourth-order valence-electron chi connectivity index (χ4n) is 3.71. The molecule has 4 heteroatoms. The molecule has 0 amide bonds. The first-order valence-corrected chi connectivity index (χ1v) is 9.97. The minimum absolute atomic E-state index is 0.0418. The molecule has 1 aromatic carbocycles. The Hall–Kier alpha value is -1.75. The highest BCUT2D eigenvalue weighted by molar-refractivity contribution is 5.49. The molecule has 4 unspecified atom stereocenters. The number of allylic oxidation sites excluding steroid dienone is 2. The van der Waals surface area contributed by atoms with Crippen LogP contribution in [0.25, 0.3) is 0 Å². The highest BCUT2D eigenvalue weighted by Crippen LogP contribution is 2.36. The standard InChI is InChI=1S/C23H32O4/c24-16-8-3-1-2-7-11-20-21(23(27)17-22(20)26)15-14-19(25)13-12-18-9-5-4-6-10-18/h2,4-7,9-10,14-16,19-23,25-27H,1,3,8,11-13,17H2/b7-2-,15-14+/t19?,20?,21-,22?,23?/m1/s1. The van der Waals surface area contributed by atoms with Gasteiger partial charge < -0.3 is 20.1 Å². The van der Waals surface area contributed by atoms with Crippen molar-refractivity contribution in [2.45, 2.75) is 63.3 Å². The summed E-state index contributed by atoms with van der Waals surface area (Å²) in [5, 5.41) is 30.8. The van der Waals surface area contributed by atoms with Crippen molar-refractivity contribution in [3.8, 4) is 0 Å². The lowest BCUT2D eigenvalue weighted by atomic mass is 9.89. The molecule has 1 fully saturated rings. The Balaban J connectivity index is 1.83. The van der Waals surface area contributed by atoms with Crippen LogP contribution >= 0.6 is 0 Å². The van der Waals surface area contributed by atoms with Crippen LogP contribution in [0, 0.1) is 11.8 Å². The van der Waals surface area contributed by atoms with Crippen molar-refractivity contribution in [1.82, 2.24) is 0 Å². The second-order valence-corrected chi connectivity index (χ2v) is 7.39. The van der Waals surface area contributed by atoms with E-state index in [4.69, 9.17) is 0 Å². The number of rotatable bonds is 11. The molecule has 5 atom stereocenters. The molecule has 0 bridgehead atoms. The fourth-order valence-corrected chi connectivity index (χ4v) is 3.71. The molecule has 148 valence electrons. The Morgan fingerprint density at radius 1 is 1.07 bits per heavy atom.